The number of anilines is 2. The largest absolute Gasteiger partial charge is 0.479 e. The second kappa shape index (κ2) is 11.6. The highest BCUT2D eigenvalue weighted by atomic mass is 35.5. The molecule has 1 fully saturated rings. The Morgan fingerprint density at radius 2 is 1.79 bits per heavy atom. The van der Waals surface area contributed by atoms with Crippen molar-refractivity contribution >= 4 is 46.5 Å². The molecule has 2 aromatic rings. The van der Waals surface area contributed by atoms with Crippen LogP contribution in [0, 0.1) is 0 Å². The topological polar surface area (TPSA) is 71.1 Å². The minimum atomic E-state index is -0.834. The van der Waals surface area contributed by atoms with Crippen LogP contribution in [0.2, 0.25) is 10.0 Å². The molecule has 0 spiro atoms. The van der Waals surface area contributed by atoms with Crippen LogP contribution < -0.4 is 15.0 Å². The number of carbonyl (C=O) groups excluding carboxylic acids is 2. The van der Waals surface area contributed by atoms with Gasteiger partial charge < -0.3 is 24.6 Å². The highest BCUT2D eigenvalue weighted by molar-refractivity contribution is 6.35. The standard InChI is InChI=1S/C24H29Cl2N3O4/c1-4-28-10-12-29(13-11-28)21-8-6-17(24(31)32-5-2)14-20(21)27-23(30)16(3)33-22-9-7-18(25)15-19(22)26/h6-9,14-16H,4-5,10-13H2,1-3H3,(H,27,30)/t16-/m0/s1. The SMILES string of the molecule is CCOC(=O)c1ccc(N2CCN(CC)CC2)c(NC(=O)[C@H](C)Oc2ccc(Cl)cc2Cl)c1. The van der Waals surface area contributed by atoms with Gasteiger partial charge in [0.15, 0.2) is 6.10 Å². The normalized spacial score (nSPS) is 15.1. The van der Waals surface area contributed by atoms with Crippen molar-refractivity contribution < 1.29 is 19.1 Å². The lowest BCUT2D eigenvalue weighted by Gasteiger charge is -2.36. The molecule has 1 atom stereocenters. The van der Waals surface area contributed by atoms with E-state index in [1.807, 2.05) is 6.07 Å². The molecule has 1 amide bonds. The number of carbonyl (C=O) groups is 2. The number of hydrogen-bond donors (Lipinski definition) is 1. The molecule has 1 saturated heterocycles. The van der Waals surface area contributed by atoms with Gasteiger partial charge in [0.1, 0.15) is 5.75 Å². The molecule has 0 saturated carbocycles. The number of nitrogens with zero attached hydrogens (tertiary/aromatic N) is 2. The first-order valence-corrected chi connectivity index (χ1v) is 11.8. The molecular formula is C24H29Cl2N3O4. The average molecular weight is 494 g/mol. The van der Waals surface area contributed by atoms with E-state index < -0.39 is 12.1 Å². The third-order valence-corrected chi connectivity index (χ3v) is 6.02. The van der Waals surface area contributed by atoms with Gasteiger partial charge in [-0.3, -0.25) is 4.79 Å². The Balaban J connectivity index is 1.81. The van der Waals surface area contributed by atoms with Crippen molar-refractivity contribution in [2.24, 2.45) is 0 Å². The lowest BCUT2D eigenvalue weighted by molar-refractivity contribution is -0.122. The van der Waals surface area contributed by atoms with E-state index in [9.17, 15) is 9.59 Å². The van der Waals surface area contributed by atoms with Gasteiger partial charge >= 0.3 is 5.97 Å². The molecule has 0 aliphatic carbocycles. The zero-order valence-electron chi connectivity index (χ0n) is 19.1. The summed E-state index contributed by atoms with van der Waals surface area (Å²) in [6.45, 7) is 10.3. The molecule has 7 nitrogen and oxygen atoms in total. The van der Waals surface area contributed by atoms with E-state index in [-0.39, 0.29) is 12.5 Å². The van der Waals surface area contributed by atoms with Gasteiger partial charge in [-0.25, -0.2) is 4.79 Å². The molecule has 9 heteroatoms. The Labute approximate surface area is 204 Å². The molecule has 178 valence electrons. The van der Waals surface area contributed by atoms with Crippen molar-refractivity contribution in [3.05, 3.63) is 52.0 Å². The van der Waals surface area contributed by atoms with Gasteiger partial charge in [-0.05, 0) is 56.8 Å². The molecule has 1 aliphatic heterocycles. The number of ether oxygens (including phenoxy) is 2. The number of amides is 1. The van der Waals surface area contributed by atoms with E-state index in [2.05, 4.69) is 22.0 Å². The Hall–Kier alpha value is -2.48. The number of likely N-dealkylation sites (N-methyl/N-ethyl adjacent to an activating group) is 1. The molecule has 0 radical (unpaired) electrons. The van der Waals surface area contributed by atoms with E-state index in [0.717, 1.165) is 38.4 Å². The minimum absolute atomic E-state index is 0.272. The van der Waals surface area contributed by atoms with Crippen molar-refractivity contribution in [1.82, 2.24) is 4.90 Å². The summed E-state index contributed by atoms with van der Waals surface area (Å²) in [5.74, 6) is -0.442. The van der Waals surface area contributed by atoms with E-state index in [4.69, 9.17) is 32.7 Å². The monoisotopic (exact) mass is 493 g/mol. The van der Waals surface area contributed by atoms with Crippen LogP contribution >= 0.6 is 23.2 Å². The quantitative estimate of drug-likeness (QED) is 0.536. The van der Waals surface area contributed by atoms with Crippen LogP contribution in [0.25, 0.3) is 0 Å². The average Bonchev–Trinajstić information content (AvgIpc) is 2.81. The van der Waals surface area contributed by atoms with Gasteiger partial charge in [0.25, 0.3) is 5.91 Å². The molecule has 33 heavy (non-hydrogen) atoms. The fourth-order valence-corrected chi connectivity index (χ4v) is 4.06. The molecular weight excluding hydrogens is 465 g/mol. The fraction of sp³-hybridized carbons (Fsp3) is 0.417. The number of hydrogen-bond acceptors (Lipinski definition) is 6. The smallest absolute Gasteiger partial charge is 0.338 e. The maximum Gasteiger partial charge on any atom is 0.338 e. The molecule has 2 aromatic carbocycles. The van der Waals surface area contributed by atoms with Crippen LogP contribution in [0.1, 0.15) is 31.1 Å². The van der Waals surface area contributed by atoms with Crippen molar-refractivity contribution in [3.63, 3.8) is 0 Å². The molecule has 0 bridgehead atoms. The van der Waals surface area contributed by atoms with E-state index in [1.54, 1.807) is 44.2 Å². The van der Waals surface area contributed by atoms with Gasteiger partial charge in [0, 0.05) is 31.2 Å². The van der Waals surface area contributed by atoms with E-state index in [1.165, 1.54) is 0 Å². The Morgan fingerprint density at radius 3 is 2.42 bits per heavy atom. The fourth-order valence-electron chi connectivity index (χ4n) is 3.61. The third kappa shape index (κ3) is 6.53. The summed E-state index contributed by atoms with van der Waals surface area (Å²) in [5, 5.41) is 3.73. The van der Waals surface area contributed by atoms with Gasteiger partial charge in [-0.2, -0.15) is 0 Å². The first kappa shape index (κ1) is 25.1. The van der Waals surface area contributed by atoms with Gasteiger partial charge in [0.05, 0.1) is 28.6 Å². The Kier molecular flexibility index (Phi) is 8.83. The maximum atomic E-state index is 13.0. The summed E-state index contributed by atoms with van der Waals surface area (Å²) in [6.07, 6.45) is -0.834. The number of nitrogens with one attached hydrogen (secondary N) is 1. The molecule has 0 unspecified atom stereocenters. The van der Waals surface area contributed by atoms with Crippen molar-refractivity contribution in [1.29, 1.82) is 0 Å². The number of rotatable bonds is 8. The summed E-state index contributed by atoms with van der Waals surface area (Å²) in [6, 6.07) is 10.0. The van der Waals surface area contributed by atoms with E-state index in [0.29, 0.717) is 27.0 Å². The van der Waals surface area contributed by atoms with E-state index >= 15 is 0 Å². The lowest BCUT2D eigenvalue weighted by atomic mass is 10.1. The zero-order valence-corrected chi connectivity index (χ0v) is 20.6. The maximum absolute atomic E-state index is 13.0. The van der Waals surface area contributed by atoms with Gasteiger partial charge in [0.2, 0.25) is 0 Å². The summed E-state index contributed by atoms with van der Waals surface area (Å²) in [5.41, 5.74) is 1.76. The summed E-state index contributed by atoms with van der Waals surface area (Å²) in [7, 11) is 0. The van der Waals surface area contributed by atoms with Gasteiger partial charge in [-0.1, -0.05) is 30.1 Å². The third-order valence-electron chi connectivity index (χ3n) is 5.49. The zero-order chi connectivity index (χ0) is 24.0. The second-order valence-corrected chi connectivity index (χ2v) is 8.54. The summed E-state index contributed by atoms with van der Waals surface area (Å²) >= 11 is 12.1. The predicted molar refractivity (Wildman–Crippen MR) is 132 cm³/mol. The van der Waals surface area contributed by atoms with Crippen LogP contribution in [-0.4, -0.2) is 62.2 Å². The molecule has 1 aliphatic rings. The van der Waals surface area contributed by atoms with Crippen molar-refractivity contribution in [3.8, 4) is 5.75 Å². The second-order valence-electron chi connectivity index (χ2n) is 7.70. The van der Waals surface area contributed by atoms with Crippen LogP contribution in [0.3, 0.4) is 0 Å². The Bertz CT molecular complexity index is 994. The first-order chi connectivity index (χ1) is 15.8. The number of esters is 1. The predicted octanol–water partition coefficient (Wildman–Crippen LogP) is 4.72. The number of benzene rings is 2. The van der Waals surface area contributed by atoms with Crippen molar-refractivity contribution in [2.75, 3.05) is 49.5 Å². The molecule has 1 heterocycles. The Morgan fingerprint density at radius 1 is 1.06 bits per heavy atom. The summed E-state index contributed by atoms with van der Waals surface area (Å²) in [4.78, 5) is 29.8. The minimum Gasteiger partial charge on any atom is -0.479 e. The van der Waals surface area contributed by atoms with Crippen LogP contribution in [0.5, 0.6) is 5.75 Å². The first-order valence-electron chi connectivity index (χ1n) is 11.0. The van der Waals surface area contributed by atoms with Crippen LogP contribution in [0.15, 0.2) is 36.4 Å². The van der Waals surface area contributed by atoms with Crippen molar-refractivity contribution in [2.45, 2.75) is 26.9 Å². The van der Waals surface area contributed by atoms with Gasteiger partial charge in [-0.15, -0.1) is 0 Å². The molecule has 1 N–H and O–H groups in total. The molecule has 3 rings (SSSR count). The number of halogens is 2. The molecule has 0 aromatic heterocycles. The number of piperazine rings is 1. The lowest BCUT2D eigenvalue weighted by Crippen LogP contribution is -2.46. The highest BCUT2D eigenvalue weighted by Crippen LogP contribution is 2.31. The highest BCUT2D eigenvalue weighted by Gasteiger charge is 2.23. The summed E-state index contributed by atoms with van der Waals surface area (Å²) < 4.78 is 10.9. The van der Waals surface area contributed by atoms with Crippen LogP contribution in [0.4, 0.5) is 11.4 Å². The van der Waals surface area contributed by atoms with Crippen LogP contribution in [-0.2, 0) is 9.53 Å².